The summed E-state index contributed by atoms with van der Waals surface area (Å²) in [6, 6.07) is 11.7. The molecule has 11 heteroatoms. The number of amides is 1. The first-order valence-corrected chi connectivity index (χ1v) is 10.8. The van der Waals surface area contributed by atoms with E-state index in [0.717, 1.165) is 50.4 Å². The summed E-state index contributed by atoms with van der Waals surface area (Å²) in [6.07, 6.45) is -2.85. The molecule has 0 bridgehead atoms. The number of fused-ring (bicyclic) bond motifs is 1. The fraction of sp³-hybridized carbons (Fsp3) is 0.409. The highest BCUT2D eigenvalue weighted by Crippen LogP contribution is 2.30. The van der Waals surface area contributed by atoms with Crippen LogP contribution in [-0.2, 0) is 11.3 Å². The molecule has 1 aliphatic heterocycles. The van der Waals surface area contributed by atoms with E-state index in [-0.39, 0.29) is 17.6 Å². The Morgan fingerprint density at radius 1 is 1.06 bits per heavy atom. The monoisotopic (exact) mass is 460 g/mol. The molecule has 174 valence electrons. The van der Waals surface area contributed by atoms with Crippen LogP contribution in [-0.4, -0.2) is 57.9 Å². The third-order valence-corrected chi connectivity index (χ3v) is 5.78. The smallest absolute Gasteiger partial charge is 0.406 e. The lowest BCUT2D eigenvalue weighted by atomic mass is 10.2. The van der Waals surface area contributed by atoms with Crippen molar-refractivity contribution >= 4 is 23.3 Å². The predicted molar refractivity (Wildman–Crippen MR) is 115 cm³/mol. The first-order chi connectivity index (χ1) is 15.8. The molecule has 1 saturated carbocycles. The number of ether oxygens (including phenoxy) is 1. The van der Waals surface area contributed by atoms with Crippen molar-refractivity contribution in [3.8, 4) is 5.75 Å². The Balaban J connectivity index is 1.20. The second-order valence-electron chi connectivity index (χ2n) is 8.31. The minimum atomic E-state index is -4.69. The summed E-state index contributed by atoms with van der Waals surface area (Å²) in [4.78, 5) is 20.9. The number of carbonyl (C=O) groups excluding carboxylic acids is 1. The van der Waals surface area contributed by atoms with Crippen molar-refractivity contribution in [3.05, 3.63) is 48.0 Å². The van der Waals surface area contributed by atoms with E-state index in [0.29, 0.717) is 18.1 Å². The fourth-order valence-electron chi connectivity index (χ4n) is 3.93. The number of hydrogen-bond acceptors (Lipinski definition) is 6. The molecule has 0 spiro atoms. The van der Waals surface area contributed by atoms with Crippen LogP contribution < -0.4 is 15.0 Å². The largest absolute Gasteiger partial charge is 0.573 e. The summed E-state index contributed by atoms with van der Waals surface area (Å²) >= 11 is 0. The summed E-state index contributed by atoms with van der Waals surface area (Å²) < 4.78 is 42.6. The third kappa shape index (κ3) is 5.19. The van der Waals surface area contributed by atoms with Crippen LogP contribution in [0.4, 0.5) is 24.9 Å². The molecule has 3 aromatic rings. The van der Waals surface area contributed by atoms with E-state index in [2.05, 4.69) is 29.9 Å². The van der Waals surface area contributed by atoms with Crippen LogP contribution in [0.5, 0.6) is 5.75 Å². The Labute approximate surface area is 187 Å². The van der Waals surface area contributed by atoms with E-state index in [1.807, 2.05) is 18.2 Å². The van der Waals surface area contributed by atoms with Crippen molar-refractivity contribution in [1.82, 2.24) is 19.5 Å². The highest BCUT2D eigenvalue weighted by atomic mass is 19.4. The molecule has 33 heavy (non-hydrogen) atoms. The quantitative estimate of drug-likeness (QED) is 0.609. The number of aromatic nitrogens is 3. The summed E-state index contributed by atoms with van der Waals surface area (Å²) in [6.45, 7) is 3.75. The van der Waals surface area contributed by atoms with E-state index in [1.54, 1.807) is 16.6 Å². The minimum absolute atomic E-state index is 0.0286. The maximum Gasteiger partial charge on any atom is 0.573 e. The number of pyridine rings is 1. The van der Waals surface area contributed by atoms with Crippen molar-refractivity contribution in [1.29, 1.82) is 0 Å². The number of benzene rings is 1. The van der Waals surface area contributed by atoms with Gasteiger partial charge in [-0.25, -0.2) is 0 Å². The first kappa shape index (κ1) is 21.5. The van der Waals surface area contributed by atoms with Crippen LogP contribution >= 0.6 is 0 Å². The Morgan fingerprint density at radius 2 is 1.79 bits per heavy atom. The average Bonchev–Trinajstić information content (AvgIpc) is 3.55. The zero-order valence-corrected chi connectivity index (χ0v) is 17.8. The molecule has 1 saturated heterocycles. The molecule has 1 N–H and O–H groups in total. The van der Waals surface area contributed by atoms with E-state index in [9.17, 15) is 18.0 Å². The molecule has 5 rings (SSSR count). The second kappa shape index (κ2) is 8.54. The number of rotatable bonds is 6. The van der Waals surface area contributed by atoms with E-state index >= 15 is 0 Å². The van der Waals surface area contributed by atoms with Gasteiger partial charge in [-0.3, -0.25) is 15.0 Å². The van der Waals surface area contributed by atoms with Gasteiger partial charge in [-0.15, -0.1) is 18.3 Å². The normalized spacial score (nSPS) is 17.4. The van der Waals surface area contributed by atoms with Crippen molar-refractivity contribution in [3.63, 3.8) is 0 Å². The lowest BCUT2D eigenvalue weighted by Crippen LogP contribution is -2.46. The van der Waals surface area contributed by atoms with Crippen LogP contribution in [0.25, 0.3) is 5.65 Å². The average molecular weight is 460 g/mol. The molecule has 1 aromatic carbocycles. The summed E-state index contributed by atoms with van der Waals surface area (Å²) in [7, 11) is 0. The molecule has 1 aliphatic carbocycles. The third-order valence-electron chi connectivity index (χ3n) is 5.78. The molecule has 2 aromatic heterocycles. The molecule has 2 aliphatic rings. The number of halogens is 3. The summed E-state index contributed by atoms with van der Waals surface area (Å²) in [5, 5.41) is 7.28. The molecular weight excluding hydrogens is 437 g/mol. The molecule has 8 nitrogen and oxygen atoms in total. The molecule has 3 heterocycles. The Bertz CT molecular complexity index is 1140. The van der Waals surface area contributed by atoms with Gasteiger partial charge in [0.15, 0.2) is 5.65 Å². The second-order valence-corrected chi connectivity index (χ2v) is 8.31. The first-order valence-electron chi connectivity index (χ1n) is 10.8. The van der Waals surface area contributed by atoms with Gasteiger partial charge in [-0.05, 0) is 42.7 Å². The summed E-state index contributed by atoms with van der Waals surface area (Å²) in [5.74, 6) is 1.05. The number of alkyl halides is 3. The number of nitrogens with zero attached hydrogens (tertiary/aromatic N) is 5. The molecule has 0 unspecified atom stereocenters. The molecule has 0 atom stereocenters. The SMILES string of the molecule is O=C(Nc1nc2cccc(N3CCN(Cc4ccc(OC(F)(F)F)cc4)CC3)n2n1)C1CC1. The van der Waals surface area contributed by atoms with Crippen LogP contribution in [0, 0.1) is 5.92 Å². The van der Waals surface area contributed by atoms with E-state index in [4.69, 9.17) is 0 Å². The number of nitrogens with one attached hydrogen (secondary N) is 1. The maximum absolute atomic E-state index is 12.3. The standard InChI is InChI=1S/C22H23F3N6O2/c23-22(24,25)33-17-8-4-15(5-9-17)14-29-10-12-30(13-11-29)19-3-1-2-18-26-21(28-31(18)19)27-20(32)16-6-7-16/h1-5,8-9,16H,6-7,10-14H2,(H,27,28,32). The Morgan fingerprint density at radius 3 is 2.45 bits per heavy atom. The predicted octanol–water partition coefficient (Wildman–Crippen LogP) is 3.30. The van der Waals surface area contributed by atoms with Gasteiger partial charge in [0.25, 0.3) is 0 Å². The van der Waals surface area contributed by atoms with Crippen LogP contribution in [0.2, 0.25) is 0 Å². The van der Waals surface area contributed by atoms with Crippen molar-refractivity contribution < 1.29 is 22.7 Å². The van der Waals surface area contributed by atoms with Crippen LogP contribution in [0.3, 0.4) is 0 Å². The van der Waals surface area contributed by atoms with Crippen molar-refractivity contribution in [2.45, 2.75) is 25.7 Å². The maximum atomic E-state index is 12.3. The number of anilines is 2. The highest BCUT2D eigenvalue weighted by Gasteiger charge is 2.31. The zero-order chi connectivity index (χ0) is 23.0. The van der Waals surface area contributed by atoms with Gasteiger partial charge in [0.05, 0.1) is 0 Å². The topological polar surface area (TPSA) is 75.0 Å². The van der Waals surface area contributed by atoms with Crippen LogP contribution in [0.15, 0.2) is 42.5 Å². The van der Waals surface area contributed by atoms with Gasteiger partial charge in [0.1, 0.15) is 11.6 Å². The van der Waals surface area contributed by atoms with Crippen LogP contribution in [0.1, 0.15) is 18.4 Å². The Kier molecular flexibility index (Phi) is 5.57. The summed E-state index contributed by atoms with van der Waals surface area (Å²) in [5.41, 5.74) is 1.59. The number of piperazine rings is 1. The van der Waals surface area contributed by atoms with Gasteiger partial charge in [0.2, 0.25) is 11.9 Å². The number of carbonyl (C=O) groups is 1. The lowest BCUT2D eigenvalue weighted by molar-refractivity contribution is -0.274. The van der Waals surface area contributed by atoms with Crippen molar-refractivity contribution in [2.24, 2.45) is 5.92 Å². The van der Waals surface area contributed by atoms with E-state index < -0.39 is 6.36 Å². The van der Waals surface area contributed by atoms with Gasteiger partial charge >= 0.3 is 6.36 Å². The minimum Gasteiger partial charge on any atom is -0.406 e. The fourth-order valence-corrected chi connectivity index (χ4v) is 3.93. The molecule has 2 fully saturated rings. The van der Waals surface area contributed by atoms with Crippen molar-refractivity contribution in [2.75, 3.05) is 36.4 Å². The lowest BCUT2D eigenvalue weighted by Gasteiger charge is -2.35. The zero-order valence-electron chi connectivity index (χ0n) is 17.8. The van der Waals surface area contributed by atoms with E-state index in [1.165, 1.54) is 12.1 Å². The number of hydrogen-bond donors (Lipinski definition) is 1. The van der Waals surface area contributed by atoms with Gasteiger partial charge in [-0.2, -0.15) is 9.50 Å². The van der Waals surface area contributed by atoms with Gasteiger partial charge in [0, 0.05) is 38.6 Å². The Hall–Kier alpha value is -3.34. The molecular formula is C22H23F3N6O2. The molecule has 0 radical (unpaired) electrons. The molecule has 1 amide bonds. The highest BCUT2D eigenvalue weighted by molar-refractivity contribution is 5.92. The van der Waals surface area contributed by atoms with Gasteiger partial charge < -0.3 is 9.64 Å². The van der Waals surface area contributed by atoms with Gasteiger partial charge in [-0.1, -0.05) is 18.2 Å².